The van der Waals surface area contributed by atoms with Crippen LogP contribution in [0.5, 0.6) is 5.88 Å². The lowest BCUT2D eigenvalue weighted by atomic mass is 10.1. The molecule has 2 aromatic rings. The molecule has 3 heterocycles. The summed E-state index contributed by atoms with van der Waals surface area (Å²) in [6.07, 6.45) is 12.3. The average Bonchev–Trinajstić information content (AvgIpc) is 3.70. The van der Waals surface area contributed by atoms with Gasteiger partial charge in [0.25, 0.3) is 0 Å². The first-order chi connectivity index (χ1) is 15.3. The largest absolute Gasteiger partial charge is 0.474 e. The fraction of sp³-hybridized carbons (Fsp3) is 0.609. The number of likely N-dealkylation sites (tertiary alicyclic amines) is 1. The standard InChI is InChI=1S/C23H33N7O/c24-10-1-11-25-22-20(16-2-3-16)15-27-23(29-22)28-17-4-7-21(26-14-17)31-19-8-12-30(13-9-19)18-5-6-18/h4,7,14-16,18-19H,1-3,5-6,8-13,24H2,(H2,25,27,28,29). The molecule has 166 valence electrons. The minimum absolute atomic E-state index is 0.266. The summed E-state index contributed by atoms with van der Waals surface area (Å²) >= 11 is 0. The summed E-state index contributed by atoms with van der Waals surface area (Å²) in [5.74, 6) is 2.76. The van der Waals surface area contributed by atoms with Crippen molar-refractivity contribution in [3.8, 4) is 5.88 Å². The average molecular weight is 424 g/mol. The molecule has 1 aliphatic heterocycles. The number of nitrogens with one attached hydrogen (secondary N) is 2. The van der Waals surface area contributed by atoms with E-state index in [0.717, 1.165) is 56.4 Å². The number of ether oxygens (including phenoxy) is 1. The van der Waals surface area contributed by atoms with Gasteiger partial charge in [-0.05, 0) is 63.5 Å². The summed E-state index contributed by atoms with van der Waals surface area (Å²) in [6.45, 7) is 3.77. The molecule has 3 fully saturated rings. The molecule has 3 aliphatic rings. The van der Waals surface area contributed by atoms with Crippen LogP contribution in [-0.2, 0) is 0 Å². The second kappa shape index (κ2) is 9.36. The molecular formula is C23H33N7O. The second-order valence-electron chi connectivity index (χ2n) is 8.94. The molecule has 8 heteroatoms. The Balaban J connectivity index is 1.17. The van der Waals surface area contributed by atoms with Crippen LogP contribution in [-0.4, -0.2) is 58.2 Å². The Morgan fingerprint density at radius 3 is 2.55 bits per heavy atom. The van der Waals surface area contributed by atoms with E-state index in [-0.39, 0.29) is 6.10 Å². The maximum Gasteiger partial charge on any atom is 0.229 e. The Labute approximate surface area is 184 Å². The first-order valence-corrected chi connectivity index (χ1v) is 11.7. The van der Waals surface area contributed by atoms with Crippen LogP contribution in [0, 0.1) is 0 Å². The minimum atomic E-state index is 0.266. The Morgan fingerprint density at radius 2 is 1.87 bits per heavy atom. The molecule has 0 radical (unpaired) electrons. The van der Waals surface area contributed by atoms with Crippen LogP contribution in [0.2, 0.25) is 0 Å². The third-order valence-electron chi connectivity index (χ3n) is 6.33. The van der Waals surface area contributed by atoms with Crippen LogP contribution in [0.15, 0.2) is 24.5 Å². The number of piperidine rings is 1. The molecule has 0 unspecified atom stereocenters. The third-order valence-corrected chi connectivity index (χ3v) is 6.33. The van der Waals surface area contributed by atoms with Gasteiger partial charge in [0, 0.05) is 43.5 Å². The van der Waals surface area contributed by atoms with Crippen molar-refractivity contribution in [2.24, 2.45) is 5.73 Å². The van der Waals surface area contributed by atoms with E-state index < -0.39 is 0 Å². The maximum atomic E-state index is 6.12. The quantitative estimate of drug-likeness (QED) is 0.501. The molecule has 2 saturated carbocycles. The van der Waals surface area contributed by atoms with E-state index in [9.17, 15) is 0 Å². The monoisotopic (exact) mass is 423 g/mol. The molecule has 31 heavy (non-hydrogen) atoms. The third kappa shape index (κ3) is 5.43. The fourth-order valence-electron chi connectivity index (χ4n) is 4.22. The predicted molar refractivity (Wildman–Crippen MR) is 122 cm³/mol. The van der Waals surface area contributed by atoms with Crippen LogP contribution in [0.25, 0.3) is 0 Å². The highest BCUT2D eigenvalue weighted by Gasteiger charge is 2.32. The van der Waals surface area contributed by atoms with E-state index in [4.69, 9.17) is 15.5 Å². The molecule has 0 amide bonds. The Kier molecular flexibility index (Phi) is 6.18. The number of hydrogen-bond acceptors (Lipinski definition) is 8. The highest BCUT2D eigenvalue weighted by molar-refractivity contribution is 5.56. The van der Waals surface area contributed by atoms with E-state index in [1.807, 2.05) is 18.3 Å². The van der Waals surface area contributed by atoms with Gasteiger partial charge in [0.2, 0.25) is 11.8 Å². The smallest absolute Gasteiger partial charge is 0.229 e. The van der Waals surface area contributed by atoms with Gasteiger partial charge >= 0.3 is 0 Å². The molecule has 4 N–H and O–H groups in total. The summed E-state index contributed by atoms with van der Waals surface area (Å²) in [7, 11) is 0. The van der Waals surface area contributed by atoms with Gasteiger partial charge in [-0.3, -0.25) is 0 Å². The molecule has 0 aromatic carbocycles. The van der Waals surface area contributed by atoms with Gasteiger partial charge in [0.15, 0.2) is 0 Å². The lowest BCUT2D eigenvalue weighted by Gasteiger charge is -2.31. The number of hydrogen-bond donors (Lipinski definition) is 3. The van der Waals surface area contributed by atoms with E-state index in [2.05, 4.69) is 25.5 Å². The number of nitrogens with zero attached hydrogens (tertiary/aromatic N) is 4. The molecule has 8 nitrogen and oxygen atoms in total. The van der Waals surface area contributed by atoms with Crippen molar-refractivity contribution in [2.45, 2.75) is 63.0 Å². The summed E-state index contributed by atoms with van der Waals surface area (Å²) < 4.78 is 6.12. The lowest BCUT2D eigenvalue weighted by molar-refractivity contribution is 0.0930. The van der Waals surface area contributed by atoms with Crippen molar-refractivity contribution >= 4 is 17.5 Å². The first kappa shape index (κ1) is 20.5. The van der Waals surface area contributed by atoms with Crippen LogP contribution >= 0.6 is 0 Å². The van der Waals surface area contributed by atoms with Gasteiger partial charge in [-0.25, -0.2) is 9.97 Å². The fourth-order valence-corrected chi connectivity index (χ4v) is 4.22. The normalized spacial score (nSPS) is 19.9. The maximum absolute atomic E-state index is 6.12. The van der Waals surface area contributed by atoms with Crippen molar-refractivity contribution in [1.29, 1.82) is 0 Å². The first-order valence-electron chi connectivity index (χ1n) is 11.7. The zero-order chi connectivity index (χ0) is 21.0. The number of rotatable bonds is 10. The molecule has 0 bridgehead atoms. The van der Waals surface area contributed by atoms with Crippen LogP contribution in [0.4, 0.5) is 17.5 Å². The van der Waals surface area contributed by atoms with E-state index >= 15 is 0 Å². The van der Waals surface area contributed by atoms with Crippen molar-refractivity contribution < 1.29 is 4.74 Å². The van der Waals surface area contributed by atoms with Crippen LogP contribution in [0.3, 0.4) is 0 Å². The van der Waals surface area contributed by atoms with Gasteiger partial charge in [-0.15, -0.1) is 0 Å². The highest BCUT2D eigenvalue weighted by Crippen LogP contribution is 2.42. The van der Waals surface area contributed by atoms with Crippen molar-refractivity contribution in [3.63, 3.8) is 0 Å². The summed E-state index contributed by atoms with van der Waals surface area (Å²) in [5, 5.41) is 6.69. The summed E-state index contributed by atoms with van der Waals surface area (Å²) in [6, 6.07) is 4.75. The van der Waals surface area contributed by atoms with Gasteiger partial charge in [-0.2, -0.15) is 4.98 Å². The molecule has 5 rings (SSSR count). The number of nitrogens with two attached hydrogens (primary N) is 1. The zero-order valence-corrected chi connectivity index (χ0v) is 18.1. The Hall–Kier alpha value is -2.45. The van der Waals surface area contributed by atoms with Crippen LogP contribution in [0.1, 0.15) is 56.4 Å². The van der Waals surface area contributed by atoms with E-state index in [1.165, 1.54) is 31.2 Å². The highest BCUT2D eigenvalue weighted by atomic mass is 16.5. The number of pyridine rings is 1. The molecule has 0 atom stereocenters. The van der Waals surface area contributed by atoms with Crippen LogP contribution < -0.4 is 21.1 Å². The van der Waals surface area contributed by atoms with Gasteiger partial charge in [0.1, 0.15) is 11.9 Å². The molecule has 2 aromatic heterocycles. The van der Waals surface area contributed by atoms with E-state index in [0.29, 0.717) is 24.3 Å². The van der Waals surface area contributed by atoms with Crippen molar-refractivity contribution in [3.05, 3.63) is 30.1 Å². The predicted octanol–water partition coefficient (Wildman–Crippen LogP) is 3.26. The van der Waals surface area contributed by atoms with Crippen molar-refractivity contribution in [2.75, 3.05) is 36.8 Å². The minimum Gasteiger partial charge on any atom is -0.474 e. The number of anilines is 3. The Morgan fingerprint density at radius 1 is 1.03 bits per heavy atom. The van der Waals surface area contributed by atoms with E-state index in [1.54, 1.807) is 6.20 Å². The number of aromatic nitrogens is 3. The molecule has 2 aliphatic carbocycles. The van der Waals surface area contributed by atoms with Crippen molar-refractivity contribution in [1.82, 2.24) is 19.9 Å². The molecule has 1 saturated heterocycles. The molecular weight excluding hydrogens is 390 g/mol. The summed E-state index contributed by atoms with van der Waals surface area (Å²) in [5.41, 5.74) is 7.68. The SMILES string of the molecule is NCCCNc1nc(Nc2ccc(OC3CCN(C4CC4)CC3)nc2)ncc1C1CC1. The topological polar surface area (TPSA) is 101 Å². The van der Waals surface area contributed by atoms with Gasteiger partial charge < -0.3 is 26.0 Å². The second-order valence-corrected chi connectivity index (χ2v) is 8.94. The zero-order valence-electron chi connectivity index (χ0n) is 18.1. The lowest BCUT2D eigenvalue weighted by Crippen LogP contribution is -2.39. The van der Waals surface area contributed by atoms with Gasteiger partial charge in [0.05, 0.1) is 11.9 Å². The Bertz CT molecular complexity index is 859. The van der Waals surface area contributed by atoms with Gasteiger partial charge in [-0.1, -0.05) is 0 Å². The summed E-state index contributed by atoms with van der Waals surface area (Å²) in [4.78, 5) is 16.3. The molecule has 0 spiro atoms.